The van der Waals surface area contributed by atoms with E-state index in [-0.39, 0.29) is 44.3 Å². The summed E-state index contributed by atoms with van der Waals surface area (Å²) < 4.78 is 31.4. The molecule has 2 N–H and O–H groups in total. The van der Waals surface area contributed by atoms with Crippen molar-refractivity contribution < 1.29 is 39.6 Å². The van der Waals surface area contributed by atoms with Crippen molar-refractivity contribution in [3.05, 3.63) is 41.5 Å². The first-order valence-corrected chi connectivity index (χ1v) is 12.6. The van der Waals surface area contributed by atoms with Crippen LogP contribution in [0.4, 0.5) is 8.78 Å². The Kier molecular flexibility index (Phi) is 12.0. The predicted molar refractivity (Wildman–Crippen MR) is 145 cm³/mol. The van der Waals surface area contributed by atoms with Crippen molar-refractivity contribution >= 4 is 34.5 Å². The number of hydrogen-bond acceptors (Lipinski definition) is 8. The van der Waals surface area contributed by atoms with Gasteiger partial charge in [-0.2, -0.15) is 0 Å². The van der Waals surface area contributed by atoms with Gasteiger partial charge in [0.1, 0.15) is 21.9 Å². The number of aromatic nitrogens is 2. The minimum atomic E-state index is -2.78. The molecule has 0 saturated heterocycles. The van der Waals surface area contributed by atoms with E-state index < -0.39 is 17.5 Å². The quantitative estimate of drug-likeness (QED) is 0.166. The van der Waals surface area contributed by atoms with Crippen molar-refractivity contribution in [3.63, 3.8) is 0 Å². The molecule has 12 heteroatoms. The SMILES string of the molecule is COc1cnc(C(F)F)cc1-c1cc(C#CC2(C(=O)N(C)C)CC2)ncc1[C-]=O.N=[C-]SC(=N)C#CC1CC1.[Ni+2]. The molecule has 0 radical (unpaired) electrons. The number of carbonyl (C=O) groups is 1. The molecule has 0 spiro atoms. The molecule has 4 rings (SSSR count). The van der Waals surface area contributed by atoms with Gasteiger partial charge in [0.2, 0.25) is 5.91 Å². The van der Waals surface area contributed by atoms with Crippen LogP contribution in [0.2, 0.25) is 0 Å². The number of carbonyl (C=O) groups excluding carboxylic acids is 2. The summed E-state index contributed by atoms with van der Waals surface area (Å²) in [4.78, 5) is 32.9. The Balaban J connectivity index is 0.000000431. The summed E-state index contributed by atoms with van der Waals surface area (Å²) in [6.07, 6.45) is 5.10. The van der Waals surface area contributed by atoms with E-state index in [9.17, 15) is 18.4 Å². The van der Waals surface area contributed by atoms with E-state index in [1.807, 2.05) is 0 Å². The fourth-order valence-corrected chi connectivity index (χ4v) is 3.59. The van der Waals surface area contributed by atoms with Gasteiger partial charge in [-0.25, -0.2) is 8.78 Å². The van der Waals surface area contributed by atoms with Gasteiger partial charge in [-0.05, 0) is 49.2 Å². The maximum atomic E-state index is 13.1. The monoisotopic (exact) mass is 607 g/mol. The van der Waals surface area contributed by atoms with Gasteiger partial charge in [-0.1, -0.05) is 24.1 Å². The number of alkyl halides is 2. The van der Waals surface area contributed by atoms with Crippen LogP contribution in [0.1, 0.15) is 49.1 Å². The van der Waals surface area contributed by atoms with Gasteiger partial charge in [0.15, 0.2) is 0 Å². The smallest absolute Gasteiger partial charge is 0.508 e. The third kappa shape index (κ3) is 8.71. The Morgan fingerprint density at radius 1 is 1.23 bits per heavy atom. The fourth-order valence-electron chi connectivity index (χ4n) is 3.38. The van der Waals surface area contributed by atoms with Gasteiger partial charge in [0.25, 0.3) is 6.43 Å². The average molecular weight is 608 g/mol. The molecule has 2 heterocycles. The van der Waals surface area contributed by atoms with Crippen LogP contribution in [0.3, 0.4) is 0 Å². The normalized spacial score (nSPS) is 13.9. The maximum Gasteiger partial charge on any atom is 2.00 e. The van der Waals surface area contributed by atoms with E-state index >= 15 is 0 Å². The van der Waals surface area contributed by atoms with Gasteiger partial charge in [-0.15, -0.1) is 11.1 Å². The van der Waals surface area contributed by atoms with Crippen LogP contribution < -0.4 is 4.74 Å². The molecular weight excluding hydrogens is 583 g/mol. The molecule has 40 heavy (non-hydrogen) atoms. The molecule has 2 aromatic heterocycles. The fraction of sp³-hybridized carbons (Fsp3) is 0.357. The van der Waals surface area contributed by atoms with Gasteiger partial charge in [0.05, 0.1) is 25.3 Å². The Labute approximate surface area is 246 Å². The first kappa shape index (κ1) is 32.6. The van der Waals surface area contributed by atoms with E-state index in [1.165, 1.54) is 43.3 Å². The van der Waals surface area contributed by atoms with Crippen molar-refractivity contribution in [2.45, 2.75) is 32.1 Å². The van der Waals surface area contributed by atoms with Crippen LogP contribution in [0.25, 0.3) is 11.1 Å². The third-order valence-electron chi connectivity index (χ3n) is 5.75. The van der Waals surface area contributed by atoms with Gasteiger partial charge >= 0.3 is 16.5 Å². The number of rotatable bonds is 6. The van der Waals surface area contributed by atoms with E-state index in [4.69, 9.17) is 15.6 Å². The molecule has 2 aromatic rings. The summed E-state index contributed by atoms with van der Waals surface area (Å²) in [7, 11) is 4.72. The largest absolute Gasteiger partial charge is 2.00 e. The Morgan fingerprint density at radius 3 is 2.45 bits per heavy atom. The zero-order chi connectivity index (χ0) is 28.6. The van der Waals surface area contributed by atoms with Crippen molar-refractivity contribution in [3.8, 4) is 40.6 Å². The number of halogens is 2. The summed E-state index contributed by atoms with van der Waals surface area (Å²) in [5, 5.41) is 13.9. The topological polar surface area (TPSA) is 120 Å². The molecule has 0 bridgehead atoms. The number of methoxy groups -OCH3 is 1. The van der Waals surface area contributed by atoms with Crippen molar-refractivity contribution in [1.82, 2.24) is 14.9 Å². The van der Waals surface area contributed by atoms with Crippen LogP contribution in [0, 0.1) is 45.8 Å². The molecule has 0 atom stereocenters. The van der Waals surface area contributed by atoms with Gasteiger partial charge < -0.3 is 30.4 Å². The molecule has 8 nitrogen and oxygen atoms in total. The zero-order valence-corrected chi connectivity index (χ0v) is 23.6. The average Bonchev–Trinajstić information content (AvgIpc) is 3.86. The standard InChI is InChI=1S/C21H18F2N3O3.C7H7N2S.Ni/c1-26(2)20(28)21(6-7-21)5-4-14-8-15(13(12-27)10-24-14)16-9-17(19(22)23)25-11-18(16)29-3;8-5-10-7(9)4-3-6-1-2-6;/h8-11,19H,6-7H2,1-3H3;6,8-9H,1-2H2;/q2*-1;+2. The van der Waals surface area contributed by atoms with Crippen molar-refractivity contribution in [2.24, 2.45) is 11.3 Å². The molecule has 2 aliphatic carbocycles. The number of thioether (sulfide) groups is 1. The molecule has 210 valence electrons. The van der Waals surface area contributed by atoms with Crippen LogP contribution in [0.5, 0.6) is 5.75 Å². The van der Waals surface area contributed by atoms with Crippen LogP contribution in [0.15, 0.2) is 24.5 Å². The number of nitrogens with one attached hydrogen (secondary N) is 2. The molecule has 2 fully saturated rings. The minimum absolute atomic E-state index is 0. The number of pyridine rings is 2. The Bertz CT molecular complexity index is 1400. The van der Waals surface area contributed by atoms with Crippen LogP contribution >= 0.6 is 11.8 Å². The number of amides is 1. The second-order valence-electron chi connectivity index (χ2n) is 8.94. The van der Waals surface area contributed by atoms with E-state index in [2.05, 4.69) is 39.2 Å². The van der Waals surface area contributed by atoms with E-state index in [0.717, 1.165) is 17.8 Å². The summed E-state index contributed by atoms with van der Waals surface area (Å²) in [6, 6.07) is 2.66. The first-order chi connectivity index (χ1) is 18.6. The molecule has 2 aliphatic rings. The molecule has 0 unspecified atom stereocenters. The van der Waals surface area contributed by atoms with Gasteiger partial charge in [-0.3, -0.25) is 26.9 Å². The summed E-state index contributed by atoms with van der Waals surface area (Å²) in [5.41, 5.74) is 1.82. The number of hydrogen-bond donors (Lipinski definition) is 2. The minimum Gasteiger partial charge on any atom is -0.508 e. The molecule has 1 amide bonds. The maximum absolute atomic E-state index is 13.1. The summed E-state index contributed by atoms with van der Waals surface area (Å²) in [5.74, 6) is 12.1. The molecule has 0 aromatic carbocycles. The number of nitrogens with zero attached hydrogens (tertiary/aromatic N) is 3. The predicted octanol–water partition coefficient (Wildman–Crippen LogP) is 4.36. The second-order valence-corrected chi connectivity index (χ2v) is 9.75. The summed E-state index contributed by atoms with van der Waals surface area (Å²) >= 11 is 0.927. The van der Waals surface area contributed by atoms with Gasteiger partial charge in [0, 0.05) is 20.0 Å². The van der Waals surface area contributed by atoms with Crippen LogP contribution in [-0.4, -0.2) is 58.9 Å². The number of ether oxygens (including phenoxy) is 1. The van der Waals surface area contributed by atoms with Crippen molar-refractivity contribution in [2.75, 3.05) is 21.2 Å². The van der Waals surface area contributed by atoms with E-state index in [0.29, 0.717) is 30.0 Å². The van der Waals surface area contributed by atoms with Crippen LogP contribution in [-0.2, 0) is 26.1 Å². The Hall–Kier alpha value is -3.60. The van der Waals surface area contributed by atoms with E-state index in [1.54, 1.807) is 20.4 Å². The van der Waals surface area contributed by atoms with Crippen molar-refractivity contribution in [1.29, 1.82) is 10.8 Å². The Morgan fingerprint density at radius 2 is 1.93 bits per heavy atom. The third-order valence-corrected chi connectivity index (χ3v) is 6.16. The molecule has 2 saturated carbocycles. The zero-order valence-electron chi connectivity index (χ0n) is 21.8. The summed E-state index contributed by atoms with van der Waals surface area (Å²) in [6.45, 7) is 0. The molecular formula is C28H25F2N5NiO3S. The molecule has 0 aliphatic heterocycles. The second kappa shape index (κ2) is 14.7. The first-order valence-electron chi connectivity index (χ1n) is 11.8.